The van der Waals surface area contributed by atoms with Crippen molar-refractivity contribution in [2.75, 3.05) is 46.4 Å². The lowest BCUT2D eigenvalue weighted by Gasteiger charge is -2.32. The summed E-state index contributed by atoms with van der Waals surface area (Å²) < 4.78 is 139. The quantitative estimate of drug-likeness (QED) is 0.0290. The van der Waals surface area contributed by atoms with Crippen LogP contribution in [0.1, 0.15) is 72.9 Å². The number of carboxylic acid groups (broad SMARTS) is 4. The number of carboxylic acids is 4. The molecule has 530 valence electrons. The molecule has 1 aromatic heterocycles. The molecule has 5 amide bonds. The average molecular weight is 1420 g/mol. The van der Waals surface area contributed by atoms with Crippen LogP contribution < -0.4 is 47.9 Å². The second-order valence-corrected chi connectivity index (χ2v) is 23.5. The van der Waals surface area contributed by atoms with E-state index in [1.807, 2.05) is 29.0 Å². The summed E-state index contributed by atoms with van der Waals surface area (Å²) in [5.41, 5.74) is 23.1. The van der Waals surface area contributed by atoms with Gasteiger partial charge in [0.15, 0.2) is 0 Å². The van der Waals surface area contributed by atoms with Gasteiger partial charge in [0, 0.05) is 53.7 Å². The van der Waals surface area contributed by atoms with Crippen LogP contribution in [0.2, 0.25) is 0 Å². The normalized spacial score (nSPS) is 15.0. The number of carbonyl (C=O) groups excluding carboxylic acids is 5. The molecule has 14 N–H and O–H groups in total. The smallest absolute Gasteiger partial charge is 0.490 e. The first kappa shape index (κ1) is 84.9. The number of carbonyl (C=O) groups is 9. The number of alkyl halides is 12. The fourth-order valence-corrected chi connectivity index (χ4v) is 9.76. The van der Waals surface area contributed by atoms with Gasteiger partial charge in [-0.2, -0.15) is 57.9 Å². The molecule has 1 aliphatic heterocycles. The lowest BCUT2D eigenvalue weighted by atomic mass is 9.93. The number of nitriles is 1. The Kier molecular flexibility index (Phi) is 34.0. The molecule has 0 unspecified atom stereocenters. The summed E-state index contributed by atoms with van der Waals surface area (Å²) >= 11 is 0. The Morgan fingerprint density at radius 1 is 0.708 bits per heavy atom. The SMILES string of the molecule is Cc1nc(-c2ccc(CSSC(C)(C)C)cc2)ccc1C(=O)N[C@@H](CCN)C(=O)N(C)[C@@H]1C(=O)N[C@@H](C)C(=O)N[C@H](C(=O)NCC#N)Cc2ccc(OCCN)c(c2)-c2cc1ccc2OCCN.O=C(O)C(F)(F)F.O=C(O)C(F)(F)F.O=C(O)C(F)(F)F.O=C(O)C(F)(F)F. The summed E-state index contributed by atoms with van der Waals surface area (Å²) in [6, 6.07) is 18.7. The number of fused-ring (bicyclic) bond motifs is 5. The van der Waals surface area contributed by atoms with E-state index in [4.69, 9.17) is 71.3 Å². The first-order valence-corrected chi connectivity index (χ1v) is 29.6. The van der Waals surface area contributed by atoms with Gasteiger partial charge in [-0.3, -0.25) is 29.0 Å². The van der Waals surface area contributed by atoms with Crippen LogP contribution in [0.3, 0.4) is 0 Å². The number of likely N-dealkylation sites (N-methyl/N-ethyl adjacent to an activating group) is 1. The van der Waals surface area contributed by atoms with Crippen molar-refractivity contribution in [3.63, 3.8) is 0 Å². The number of aryl methyl sites for hydroxylation is 1. The molecule has 25 nitrogen and oxygen atoms in total. The fraction of sp³-hybridized carbons (Fsp3) is 0.421. The second kappa shape index (κ2) is 38.4. The number of hydrogen-bond donors (Lipinski definition) is 11. The van der Waals surface area contributed by atoms with E-state index in [0.717, 1.165) is 11.3 Å². The zero-order chi connectivity index (χ0) is 73.9. The van der Waals surface area contributed by atoms with Crippen LogP contribution in [-0.2, 0) is 50.5 Å². The minimum Gasteiger partial charge on any atom is -0.492 e. The van der Waals surface area contributed by atoms with Crippen molar-refractivity contribution in [2.24, 2.45) is 17.2 Å². The van der Waals surface area contributed by atoms with E-state index in [0.29, 0.717) is 45.1 Å². The molecular formula is C57H66F12N10O15S2. The summed E-state index contributed by atoms with van der Waals surface area (Å²) in [4.78, 5) is 112. The van der Waals surface area contributed by atoms with Gasteiger partial charge >= 0.3 is 48.6 Å². The molecule has 1 aliphatic rings. The van der Waals surface area contributed by atoms with E-state index in [2.05, 4.69) is 54.2 Å². The van der Waals surface area contributed by atoms with Crippen LogP contribution in [0, 0.1) is 18.3 Å². The highest BCUT2D eigenvalue weighted by Crippen LogP contribution is 2.41. The molecule has 2 heterocycles. The molecule has 4 bridgehead atoms. The number of nitrogens with zero attached hydrogens (tertiary/aromatic N) is 3. The number of aromatic nitrogens is 1. The predicted octanol–water partition coefficient (Wildman–Crippen LogP) is 6.44. The number of nitrogens with two attached hydrogens (primary N) is 3. The van der Waals surface area contributed by atoms with E-state index in [9.17, 15) is 81.9 Å². The number of pyridine rings is 1. The zero-order valence-electron chi connectivity index (χ0n) is 51.3. The van der Waals surface area contributed by atoms with Gasteiger partial charge in [0.1, 0.15) is 55.4 Å². The average Bonchev–Trinajstić information content (AvgIpc) is 0.789. The van der Waals surface area contributed by atoms with Crippen LogP contribution in [0.5, 0.6) is 11.5 Å². The number of ether oxygens (including phenoxy) is 2. The van der Waals surface area contributed by atoms with Gasteiger partial charge in [-0.1, -0.05) is 78.8 Å². The number of aliphatic carboxylic acids is 4. The third-order valence-corrected chi connectivity index (χ3v) is 15.0. The van der Waals surface area contributed by atoms with Crippen molar-refractivity contribution < 1.29 is 126 Å². The third-order valence-electron chi connectivity index (χ3n) is 11.7. The lowest BCUT2D eigenvalue weighted by molar-refractivity contribution is -0.193. The number of benzene rings is 3. The molecule has 39 heteroatoms. The van der Waals surface area contributed by atoms with Gasteiger partial charge in [0.05, 0.1) is 23.0 Å². The Hall–Kier alpha value is -9.13. The molecule has 0 aliphatic carbocycles. The molecule has 0 radical (unpaired) electrons. The van der Waals surface area contributed by atoms with E-state index in [1.165, 1.54) is 24.4 Å². The first-order chi connectivity index (χ1) is 44.2. The van der Waals surface area contributed by atoms with Gasteiger partial charge in [-0.05, 0) is 79.9 Å². The predicted molar refractivity (Wildman–Crippen MR) is 321 cm³/mol. The lowest BCUT2D eigenvalue weighted by Crippen LogP contribution is -2.56. The molecule has 0 fully saturated rings. The van der Waals surface area contributed by atoms with E-state index < -0.39 is 102 Å². The van der Waals surface area contributed by atoms with Crippen molar-refractivity contribution in [1.82, 2.24) is 31.2 Å². The maximum absolute atomic E-state index is 14.7. The highest BCUT2D eigenvalue weighted by atomic mass is 33.1. The number of rotatable bonds is 18. The molecule has 96 heavy (non-hydrogen) atoms. The highest BCUT2D eigenvalue weighted by Gasteiger charge is 2.41. The largest absolute Gasteiger partial charge is 0.492 e. The summed E-state index contributed by atoms with van der Waals surface area (Å²) in [7, 11) is 5.06. The van der Waals surface area contributed by atoms with Crippen molar-refractivity contribution >= 4 is 75.0 Å². The van der Waals surface area contributed by atoms with E-state index in [1.54, 1.807) is 66.2 Å². The van der Waals surface area contributed by atoms with Crippen molar-refractivity contribution in [3.05, 3.63) is 101 Å². The van der Waals surface area contributed by atoms with Crippen LogP contribution in [-0.4, -0.2) is 178 Å². The second-order valence-electron chi connectivity index (χ2n) is 20.4. The number of amides is 5. The molecule has 4 atom stereocenters. The van der Waals surface area contributed by atoms with Gasteiger partial charge in [0.2, 0.25) is 23.6 Å². The first-order valence-electron chi connectivity index (χ1n) is 27.3. The van der Waals surface area contributed by atoms with Crippen LogP contribution in [0.4, 0.5) is 52.7 Å². The Labute approximate surface area is 546 Å². The molecule has 4 aromatic rings. The van der Waals surface area contributed by atoms with Crippen LogP contribution in [0.25, 0.3) is 22.4 Å². The summed E-state index contributed by atoms with van der Waals surface area (Å²) in [6.07, 6.45) is -20.3. The Morgan fingerprint density at radius 2 is 1.19 bits per heavy atom. The van der Waals surface area contributed by atoms with Crippen molar-refractivity contribution in [1.29, 1.82) is 5.26 Å². The summed E-state index contributed by atoms with van der Waals surface area (Å²) in [5.74, 6) is -12.7. The molecule has 0 spiro atoms. The van der Waals surface area contributed by atoms with Crippen molar-refractivity contribution in [3.8, 4) is 40.0 Å². The van der Waals surface area contributed by atoms with E-state index in [-0.39, 0.29) is 62.5 Å². The fourth-order valence-electron chi connectivity index (χ4n) is 7.37. The standard InChI is InChI=1S/C49H62N10O7S2.4C2HF3O2/c1-29-35(13-14-38(55-29)33-10-7-31(8-11-33)28-67-68-49(3,4)5)45(61)57-39(17-18-50)48(64)59(6)43-34-12-16-42(66-24-21-53)37(27-34)36-25-32(9-15-41(36)65-23-20-52)26-40(46(62)54-22-19-51)58-44(60)30(2)56-47(43)63;4*3-2(4,5)1(6)7/h7-16,25,27,30,39-40,43H,17-18,20-24,26,28,50,52-53H2,1-6H3,(H,54,62)(H,56,63)(H,57,61)(H,58,60);4*(H,6,7)/t30-,39-,40-,43-;;;;/m0..../s1. The number of nitrogens with one attached hydrogen (secondary N) is 4. The Balaban J connectivity index is 0.00000136. The third kappa shape index (κ3) is 29.7. The van der Waals surface area contributed by atoms with Gasteiger partial charge < -0.3 is 73.3 Å². The summed E-state index contributed by atoms with van der Waals surface area (Å²) in [6.45, 7) is 10.1. The maximum Gasteiger partial charge on any atom is 0.490 e. The minimum atomic E-state index is -5.08. The molecule has 3 aromatic carbocycles. The van der Waals surface area contributed by atoms with Gasteiger partial charge in [0.25, 0.3) is 5.91 Å². The molecule has 5 rings (SSSR count). The molecule has 0 saturated carbocycles. The van der Waals surface area contributed by atoms with Crippen LogP contribution >= 0.6 is 21.6 Å². The molecular weight excluding hydrogens is 1360 g/mol. The maximum atomic E-state index is 14.7. The van der Waals surface area contributed by atoms with E-state index >= 15 is 0 Å². The molecule has 0 saturated heterocycles. The van der Waals surface area contributed by atoms with Crippen molar-refractivity contribution in [2.45, 2.75) is 107 Å². The highest BCUT2D eigenvalue weighted by molar-refractivity contribution is 8.76. The van der Waals surface area contributed by atoms with Crippen LogP contribution in [0.15, 0.2) is 72.8 Å². The zero-order valence-corrected chi connectivity index (χ0v) is 52.9. The Bertz CT molecular complexity index is 3270. The summed E-state index contributed by atoms with van der Waals surface area (Å²) in [5, 5.41) is 48.5. The monoisotopic (exact) mass is 1420 g/mol. The minimum absolute atomic E-state index is 0.00506. The van der Waals surface area contributed by atoms with Gasteiger partial charge in [-0.25, -0.2) is 19.2 Å². The number of halogens is 12. The number of hydrogen-bond acceptors (Lipinski definition) is 18. The van der Waals surface area contributed by atoms with Gasteiger partial charge in [-0.15, -0.1) is 0 Å². The Morgan fingerprint density at radius 3 is 1.62 bits per heavy atom. The topological polar surface area (TPSA) is 419 Å².